The van der Waals surface area contributed by atoms with Crippen LogP contribution in [0.15, 0.2) is 0 Å². The Morgan fingerprint density at radius 3 is 2.12 bits per heavy atom. The van der Waals surface area contributed by atoms with E-state index in [-0.39, 0.29) is 0 Å². The van der Waals surface area contributed by atoms with Crippen molar-refractivity contribution in [1.29, 1.82) is 0 Å². The molecule has 1 N–H and O–H groups in total. The van der Waals surface area contributed by atoms with Crippen LogP contribution in [0.5, 0.6) is 0 Å². The van der Waals surface area contributed by atoms with Crippen LogP contribution in [0.1, 0.15) is 19.3 Å². The highest BCUT2D eigenvalue weighted by Crippen LogP contribution is 2.51. The molecule has 16 heavy (non-hydrogen) atoms. The second-order valence-corrected chi connectivity index (χ2v) is 5.84. The maximum absolute atomic E-state index is 9.11. The molecule has 0 aromatic rings. The van der Waals surface area contributed by atoms with Crippen LogP contribution < -0.4 is 0 Å². The highest BCUT2D eigenvalue weighted by Gasteiger charge is 2.54. The van der Waals surface area contributed by atoms with Gasteiger partial charge in [0.25, 0.3) is 0 Å². The highest BCUT2D eigenvalue weighted by molar-refractivity contribution is 5.04. The lowest BCUT2D eigenvalue weighted by molar-refractivity contribution is 0.176. The standard InChI is InChI=1S/C13H24N2O/c16-10-13-11-8-15(9-12(11)13)7-6-14-4-2-1-3-5-14/h11-13,16H,1-10H2. The van der Waals surface area contributed by atoms with Gasteiger partial charge in [-0.15, -0.1) is 0 Å². The molecular weight excluding hydrogens is 200 g/mol. The van der Waals surface area contributed by atoms with E-state index in [0.717, 1.165) is 11.8 Å². The fourth-order valence-electron chi connectivity index (χ4n) is 3.66. The summed E-state index contributed by atoms with van der Waals surface area (Å²) in [7, 11) is 0. The Morgan fingerprint density at radius 1 is 0.875 bits per heavy atom. The van der Waals surface area contributed by atoms with Gasteiger partial charge in [0.15, 0.2) is 0 Å². The molecule has 3 aliphatic rings. The summed E-state index contributed by atoms with van der Waals surface area (Å²) in [6.45, 7) is 8.09. The first-order valence-corrected chi connectivity index (χ1v) is 6.94. The number of rotatable bonds is 4. The van der Waals surface area contributed by atoms with E-state index in [2.05, 4.69) is 9.80 Å². The van der Waals surface area contributed by atoms with Crippen molar-refractivity contribution in [3.63, 3.8) is 0 Å². The molecule has 3 nitrogen and oxygen atoms in total. The summed E-state index contributed by atoms with van der Waals surface area (Å²) in [5.41, 5.74) is 0. The molecule has 0 radical (unpaired) electrons. The van der Waals surface area contributed by atoms with E-state index in [9.17, 15) is 0 Å². The third-order valence-electron chi connectivity index (χ3n) is 4.84. The summed E-state index contributed by atoms with van der Waals surface area (Å²) in [5.74, 6) is 2.34. The first-order chi connectivity index (χ1) is 7.88. The Morgan fingerprint density at radius 2 is 1.50 bits per heavy atom. The third-order valence-corrected chi connectivity index (χ3v) is 4.84. The number of fused-ring (bicyclic) bond motifs is 1. The quantitative estimate of drug-likeness (QED) is 0.759. The molecule has 1 saturated carbocycles. The van der Waals surface area contributed by atoms with Crippen LogP contribution in [-0.2, 0) is 0 Å². The number of piperidine rings is 2. The smallest absolute Gasteiger partial charge is 0.0465 e. The molecule has 2 aliphatic heterocycles. The number of likely N-dealkylation sites (tertiary alicyclic amines) is 2. The minimum absolute atomic E-state index is 0.426. The summed E-state index contributed by atoms with van der Waals surface area (Å²) in [6.07, 6.45) is 4.23. The number of aliphatic hydroxyl groups excluding tert-OH is 1. The van der Waals surface area contributed by atoms with Crippen LogP contribution >= 0.6 is 0 Å². The molecule has 0 aromatic carbocycles. The van der Waals surface area contributed by atoms with Crippen LogP contribution in [0.4, 0.5) is 0 Å². The zero-order valence-electron chi connectivity index (χ0n) is 10.1. The van der Waals surface area contributed by atoms with Gasteiger partial charge in [-0.25, -0.2) is 0 Å². The third kappa shape index (κ3) is 2.13. The van der Waals surface area contributed by atoms with Crippen molar-refractivity contribution in [3.8, 4) is 0 Å². The fraction of sp³-hybridized carbons (Fsp3) is 1.00. The maximum atomic E-state index is 9.11. The van der Waals surface area contributed by atoms with Crippen molar-refractivity contribution < 1.29 is 5.11 Å². The molecule has 1 aliphatic carbocycles. The Bertz CT molecular complexity index is 228. The Kier molecular flexibility index (Phi) is 3.18. The summed E-state index contributed by atoms with van der Waals surface area (Å²) in [6, 6.07) is 0. The van der Waals surface area contributed by atoms with Gasteiger partial charge in [-0.05, 0) is 43.7 Å². The zero-order valence-corrected chi connectivity index (χ0v) is 10.1. The van der Waals surface area contributed by atoms with Crippen molar-refractivity contribution in [1.82, 2.24) is 9.80 Å². The topological polar surface area (TPSA) is 26.7 Å². The lowest BCUT2D eigenvalue weighted by Gasteiger charge is -2.29. The summed E-state index contributed by atoms with van der Waals surface area (Å²) >= 11 is 0. The Labute approximate surface area is 98.4 Å². The van der Waals surface area contributed by atoms with E-state index in [1.807, 2.05) is 0 Å². The molecule has 2 unspecified atom stereocenters. The van der Waals surface area contributed by atoms with Crippen LogP contribution in [-0.4, -0.2) is 60.8 Å². The van der Waals surface area contributed by atoms with Crippen molar-refractivity contribution in [2.45, 2.75) is 19.3 Å². The molecule has 2 saturated heterocycles. The van der Waals surface area contributed by atoms with Gasteiger partial charge in [-0.1, -0.05) is 6.42 Å². The molecular formula is C13H24N2O. The molecule has 3 heteroatoms. The van der Waals surface area contributed by atoms with Crippen LogP contribution in [0.2, 0.25) is 0 Å². The predicted molar refractivity (Wildman–Crippen MR) is 64.3 cm³/mol. The zero-order chi connectivity index (χ0) is 11.0. The van der Waals surface area contributed by atoms with E-state index in [1.54, 1.807) is 0 Å². The average molecular weight is 224 g/mol. The van der Waals surface area contributed by atoms with Gasteiger partial charge >= 0.3 is 0 Å². The number of hydrogen-bond donors (Lipinski definition) is 1. The SMILES string of the molecule is OCC1C2CN(CCN3CCCCC3)CC12. The average Bonchev–Trinajstić information content (AvgIpc) is 2.81. The monoisotopic (exact) mass is 224 g/mol. The molecule has 3 fully saturated rings. The van der Waals surface area contributed by atoms with Crippen molar-refractivity contribution in [2.24, 2.45) is 17.8 Å². The van der Waals surface area contributed by atoms with Gasteiger partial charge in [0.1, 0.15) is 0 Å². The van der Waals surface area contributed by atoms with Crippen molar-refractivity contribution in [3.05, 3.63) is 0 Å². The fourth-order valence-corrected chi connectivity index (χ4v) is 3.66. The van der Waals surface area contributed by atoms with E-state index in [1.165, 1.54) is 58.5 Å². The second kappa shape index (κ2) is 4.63. The Balaban J connectivity index is 1.35. The van der Waals surface area contributed by atoms with Crippen LogP contribution in [0.3, 0.4) is 0 Å². The second-order valence-electron chi connectivity index (χ2n) is 5.84. The summed E-state index contributed by atoms with van der Waals surface area (Å²) in [4.78, 5) is 5.23. The Hall–Kier alpha value is -0.120. The van der Waals surface area contributed by atoms with Gasteiger partial charge in [0, 0.05) is 32.8 Å². The molecule has 3 rings (SSSR count). The van der Waals surface area contributed by atoms with Crippen LogP contribution in [0.25, 0.3) is 0 Å². The minimum atomic E-state index is 0.426. The molecule has 0 aromatic heterocycles. The lowest BCUT2D eigenvalue weighted by atomic mass is 10.1. The van der Waals surface area contributed by atoms with Crippen molar-refractivity contribution >= 4 is 0 Å². The summed E-state index contributed by atoms with van der Waals surface area (Å²) in [5, 5.41) is 9.11. The van der Waals surface area contributed by atoms with E-state index in [4.69, 9.17) is 5.11 Å². The number of aliphatic hydroxyl groups is 1. The predicted octanol–water partition coefficient (Wildman–Crippen LogP) is 0.642. The lowest BCUT2D eigenvalue weighted by Crippen LogP contribution is -2.38. The van der Waals surface area contributed by atoms with E-state index in [0.29, 0.717) is 12.5 Å². The van der Waals surface area contributed by atoms with E-state index < -0.39 is 0 Å². The molecule has 2 atom stereocenters. The van der Waals surface area contributed by atoms with E-state index >= 15 is 0 Å². The van der Waals surface area contributed by atoms with Gasteiger partial charge in [0.05, 0.1) is 0 Å². The molecule has 92 valence electrons. The number of hydrogen-bond acceptors (Lipinski definition) is 3. The molecule has 0 amide bonds. The first kappa shape index (κ1) is 11.0. The van der Waals surface area contributed by atoms with Gasteiger partial charge in [-0.2, -0.15) is 0 Å². The maximum Gasteiger partial charge on any atom is 0.0465 e. The summed E-state index contributed by atoms with van der Waals surface area (Å²) < 4.78 is 0. The van der Waals surface area contributed by atoms with Crippen LogP contribution in [0, 0.1) is 17.8 Å². The first-order valence-electron chi connectivity index (χ1n) is 6.94. The largest absolute Gasteiger partial charge is 0.396 e. The molecule has 0 spiro atoms. The minimum Gasteiger partial charge on any atom is -0.396 e. The van der Waals surface area contributed by atoms with Gasteiger partial charge < -0.3 is 14.9 Å². The number of nitrogens with zero attached hydrogens (tertiary/aromatic N) is 2. The normalized spacial score (nSPS) is 39.9. The van der Waals surface area contributed by atoms with Gasteiger partial charge in [0.2, 0.25) is 0 Å². The molecule has 0 bridgehead atoms. The van der Waals surface area contributed by atoms with Crippen molar-refractivity contribution in [2.75, 3.05) is 45.9 Å². The molecule has 2 heterocycles. The highest BCUT2D eigenvalue weighted by atomic mass is 16.3. The van der Waals surface area contributed by atoms with Gasteiger partial charge in [-0.3, -0.25) is 0 Å².